The highest BCUT2D eigenvalue weighted by Gasteiger charge is 2.30. The molecule has 148 valence electrons. The second kappa shape index (κ2) is 8.02. The number of carbonyl (C=O) groups is 1. The Bertz CT molecular complexity index is 978. The van der Waals surface area contributed by atoms with Crippen LogP contribution in [0.25, 0.3) is 0 Å². The molecule has 1 saturated heterocycles. The van der Waals surface area contributed by atoms with E-state index in [0.29, 0.717) is 11.4 Å². The van der Waals surface area contributed by atoms with Gasteiger partial charge in [0.25, 0.3) is 10.0 Å². The quantitative estimate of drug-likeness (QED) is 0.721. The van der Waals surface area contributed by atoms with Gasteiger partial charge in [-0.25, -0.2) is 8.42 Å². The summed E-state index contributed by atoms with van der Waals surface area (Å²) in [5, 5.41) is 2.10. The second-order valence-corrected chi connectivity index (χ2v) is 9.65. The van der Waals surface area contributed by atoms with Crippen LogP contribution in [0.2, 0.25) is 0 Å². The van der Waals surface area contributed by atoms with E-state index < -0.39 is 10.0 Å². The predicted molar refractivity (Wildman–Crippen MR) is 108 cm³/mol. The number of nitrogens with zero attached hydrogens (tertiary/aromatic N) is 2. The van der Waals surface area contributed by atoms with Gasteiger partial charge in [-0.15, -0.1) is 11.3 Å². The Morgan fingerprint density at radius 1 is 1.18 bits per heavy atom. The van der Waals surface area contributed by atoms with E-state index in [-0.39, 0.29) is 23.8 Å². The van der Waals surface area contributed by atoms with Crippen molar-refractivity contribution < 1.29 is 18.1 Å². The van der Waals surface area contributed by atoms with Gasteiger partial charge in [-0.2, -0.15) is 0 Å². The average molecular weight is 420 g/mol. The van der Waals surface area contributed by atoms with Crippen molar-refractivity contribution in [1.82, 2.24) is 9.62 Å². The Morgan fingerprint density at radius 2 is 1.96 bits per heavy atom. The molecule has 1 amide bonds. The Morgan fingerprint density at radius 3 is 2.71 bits per heavy atom. The summed E-state index contributed by atoms with van der Waals surface area (Å²) in [5.74, 6) is 0.405. The molecular weight excluding hydrogens is 396 g/mol. The first-order valence-corrected chi connectivity index (χ1v) is 11.7. The molecule has 2 aliphatic rings. The number of carbonyl (C=O) groups excluding carboxylic acids is 1. The second-order valence-electron chi connectivity index (χ2n) is 6.97. The summed E-state index contributed by atoms with van der Waals surface area (Å²) in [6.45, 7) is 4.70. The van der Waals surface area contributed by atoms with Gasteiger partial charge in [0.05, 0.1) is 42.5 Å². The van der Waals surface area contributed by atoms with Gasteiger partial charge in [0, 0.05) is 12.0 Å². The van der Waals surface area contributed by atoms with Crippen LogP contribution in [0.3, 0.4) is 0 Å². The first kappa shape index (κ1) is 19.1. The number of piperazine rings is 1. The SMILES string of the molecule is O=C(CCN=C1NS(=O)(=O)c2ccccc21)N1CC[NH+](Cc2cccs2)CC1. The third kappa shape index (κ3) is 4.11. The lowest BCUT2D eigenvalue weighted by atomic mass is 10.2. The number of quaternary nitrogens is 1. The smallest absolute Gasteiger partial charge is 0.263 e. The molecule has 9 heteroatoms. The van der Waals surface area contributed by atoms with E-state index in [2.05, 4.69) is 27.2 Å². The number of sulfonamides is 1. The van der Waals surface area contributed by atoms with Crippen molar-refractivity contribution >= 4 is 33.1 Å². The maximum absolute atomic E-state index is 12.5. The number of amidine groups is 1. The van der Waals surface area contributed by atoms with Crippen LogP contribution in [0.5, 0.6) is 0 Å². The Labute approximate surface area is 168 Å². The molecule has 0 spiro atoms. The zero-order valence-corrected chi connectivity index (χ0v) is 17.1. The van der Waals surface area contributed by atoms with Crippen molar-refractivity contribution in [3.05, 3.63) is 52.2 Å². The number of thiophene rings is 1. The molecule has 2 aromatic rings. The molecule has 0 unspecified atom stereocenters. The van der Waals surface area contributed by atoms with E-state index in [1.165, 1.54) is 9.78 Å². The van der Waals surface area contributed by atoms with Crippen LogP contribution in [0, 0.1) is 0 Å². The fraction of sp³-hybridized carbons (Fsp3) is 0.368. The van der Waals surface area contributed by atoms with E-state index in [9.17, 15) is 13.2 Å². The standard InChI is InChI=1S/C19H22N4O3S2/c24-18(23-11-9-22(10-12-23)14-15-4-3-13-27-15)7-8-20-19-16-5-1-2-6-17(16)28(25,26)21-19/h1-6,13H,7-12,14H2,(H,20,21)/p+1. The number of hydrogen-bond acceptors (Lipinski definition) is 5. The van der Waals surface area contributed by atoms with Crippen LogP contribution in [0.1, 0.15) is 16.9 Å². The van der Waals surface area contributed by atoms with Gasteiger partial charge in [-0.3, -0.25) is 14.5 Å². The summed E-state index contributed by atoms with van der Waals surface area (Å²) in [6, 6.07) is 11.0. The lowest BCUT2D eigenvalue weighted by Gasteiger charge is -2.32. The molecule has 1 aromatic carbocycles. The molecule has 1 aromatic heterocycles. The average Bonchev–Trinajstić information content (AvgIpc) is 3.29. The molecule has 7 nitrogen and oxygen atoms in total. The summed E-state index contributed by atoms with van der Waals surface area (Å²) in [6.07, 6.45) is 0.285. The number of nitrogens with one attached hydrogen (secondary N) is 2. The van der Waals surface area contributed by atoms with Crippen molar-refractivity contribution in [2.24, 2.45) is 4.99 Å². The van der Waals surface area contributed by atoms with Crippen LogP contribution < -0.4 is 9.62 Å². The third-order valence-electron chi connectivity index (χ3n) is 5.09. The lowest BCUT2D eigenvalue weighted by Crippen LogP contribution is -3.13. The number of amides is 1. The Kier molecular flexibility index (Phi) is 5.47. The Hall–Kier alpha value is -2.23. The number of rotatable bonds is 5. The number of aliphatic imine (C=N–C) groups is 1. The van der Waals surface area contributed by atoms with E-state index in [1.807, 2.05) is 4.90 Å². The summed E-state index contributed by atoms with van der Waals surface area (Å²) in [5.41, 5.74) is 0.570. The number of fused-ring (bicyclic) bond motifs is 1. The highest BCUT2D eigenvalue weighted by Crippen LogP contribution is 2.22. The number of hydrogen-bond donors (Lipinski definition) is 2. The van der Waals surface area contributed by atoms with Gasteiger partial charge in [0.1, 0.15) is 12.4 Å². The first-order valence-electron chi connectivity index (χ1n) is 9.33. The summed E-state index contributed by atoms with van der Waals surface area (Å²) in [7, 11) is -3.53. The van der Waals surface area contributed by atoms with Crippen LogP contribution in [0.15, 0.2) is 51.7 Å². The van der Waals surface area contributed by atoms with Gasteiger partial charge in [-0.1, -0.05) is 18.2 Å². The van der Waals surface area contributed by atoms with Crippen molar-refractivity contribution in [1.29, 1.82) is 0 Å². The molecule has 1 fully saturated rings. The third-order valence-corrected chi connectivity index (χ3v) is 7.36. The van der Waals surface area contributed by atoms with Crippen molar-refractivity contribution in [2.75, 3.05) is 32.7 Å². The largest absolute Gasteiger partial charge is 0.331 e. The lowest BCUT2D eigenvalue weighted by molar-refractivity contribution is -0.917. The van der Waals surface area contributed by atoms with Gasteiger partial charge < -0.3 is 9.80 Å². The van der Waals surface area contributed by atoms with E-state index >= 15 is 0 Å². The van der Waals surface area contributed by atoms with E-state index in [1.54, 1.807) is 35.6 Å². The molecule has 2 aliphatic heterocycles. The summed E-state index contributed by atoms with van der Waals surface area (Å²) < 4.78 is 26.6. The first-order chi connectivity index (χ1) is 13.5. The van der Waals surface area contributed by atoms with E-state index in [0.717, 1.165) is 32.7 Å². The highest BCUT2D eigenvalue weighted by atomic mass is 32.2. The van der Waals surface area contributed by atoms with Gasteiger partial charge in [0.2, 0.25) is 5.91 Å². The maximum atomic E-state index is 12.5. The summed E-state index contributed by atoms with van der Waals surface area (Å²) >= 11 is 1.78. The van der Waals surface area contributed by atoms with Gasteiger partial charge in [0.15, 0.2) is 0 Å². The fourth-order valence-electron chi connectivity index (χ4n) is 3.58. The topological polar surface area (TPSA) is 83.3 Å². The van der Waals surface area contributed by atoms with Crippen LogP contribution >= 0.6 is 11.3 Å². The minimum absolute atomic E-state index is 0.0775. The van der Waals surface area contributed by atoms with Crippen molar-refractivity contribution in [3.63, 3.8) is 0 Å². The predicted octanol–water partition coefficient (Wildman–Crippen LogP) is 0.104. The molecule has 0 saturated carbocycles. The molecular formula is C19H23N4O3S2+. The summed E-state index contributed by atoms with van der Waals surface area (Å²) in [4.78, 5) is 21.8. The molecule has 0 bridgehead atoms. The zero-order valence-electron chi connectivity index (χ0n) is 15.4. The molecule has 28 heavy (non-hydrogen) atoms. The molecule has 0 aliphatic carbocycles. The van der Waals surface area contributed by atoms with Crippen molar-refractivity contribution in [2.45, 2.75) is 17.9 Å². The molecule has 2 N–H and O–H groups in total. The normalized spacial score (nSPS) is 20.1. The van der Waals surface area contributed by atoms with Crippen molar-refractivity contribution in [3.8, 4) is 0 Å². The van der Waals surface area contributed by atoms with Crippen LogP contribution in [-0.2, 0) is 21.4 Å². The van der Waals surface area contributed by atoms with Crippen LogP contribution in [-0.4, -0.2) is 57.8 Å². The monoisotopic (exact) mass is 419 g/mol. The zero-order chi connectivity index (χ0) is 19.6. The Balaban J connectivity index is 1.28. The van der Waals surface area contributed by atoms with Gasteiger partial charge in [-0.05, 0) is 23.6 Å². The number of benzene rings is 1. The highest BCUT2D eigenvalue weighted by molar-refractivity contribution is 7.90. The van der Waals surface area contributed by atoms with E-state index in [4.69, 9.17) is 0 Å². The molecule has 3 heterocycles. The fourth-order valence-corrected chi connectivity index (χ4v) is 5.61. The van der Waals surface area contributed by atoms with Crippen LogP contribution in [0.4, 0.5) is 0 Å². The molecule has 0 atom stereocenters. The molecule has 0 radical (unpaired) electrons. The minimum atomic E-state index is -3.53. The van der Waals surface area contributed by atoms with Gasteiger partial charge >= 0.3 is 0 Å². The minimum Gasteiger partial charge on any atom is -0.331 e. The molecule has 4 rings (SSSR count). The maximum Gasteiger partial charge on any atom is 0.263 e.